The van der Waals surface area contributed by atoms with E-state index in [9.17, 15) is 4.79 Å². The van der Waals surface area contributed by atoms with Crippen LogP contribution in [0, 0.1) is 0 Å². The Hall–Kier alpha value is -1.86. The zero-order valence-electron chi connectivity index (χ0n) is 9.47. The van der Waals surface area contributed by atoms with Gasteiger partial charge in [-0.1, -0.05) is 0 Å². The number of carbonyl (C=O) groups excluding carboxylic acids is 1. The third-order valence-corrected chi connectivity index (χ3v) is 2.25. The molecule has 1 aromatic carbocycles. The molecule has 7 heteroatoms. The van der Waals surface area contributed by atoms with Crippen LogP contribution < -0.4 is 21.1 Å². The summed E-state index contributed by atoms with van der Waals surface area (Å²) in [6.07, 6.45) is 0. The molecule has 1 aromatic rings. The predicted molar refractivity (Wildman–Crippen MR) is 66.7 cm³/mol. The lowest BCUT2D eigenvalue weighted by molar-refractivity contribution is 0.0847. The van der Waals surface area contributed by atoms with Crippen LogP contribution in [0.3, 0.4) is 0 Å². The second-order valence-corrected chi connectivity index (χ2v) is 3.53. The van der Waals surface area contributed by atoms with Crippen LogP contribution in [0.2, 0.25) is 0 Å². The number of benzene rings is 1. The molecule has 17 heavy (non-hydrogen) atoms. The Labute approximate surface area is 104 Å². The molecule has 0 aliphatic carbocycles. The first-order chi connectivity index (χ1) is 7.99. The van der Waals surface area contributed by atoms with Crippen LogP contribution in [0.5, 0.6) is 11.5 Å². The third kappa shape index (κ3) is 3.05. The summed E-state index contributed by atoms with van der Waals surface area (Å²) in [6, 6.07) is 4.67. The van der Waals surface area contributed by atoms with Crippen molar-refractivity contribution in [3.8, 4) is 11.5 Å². The fraction of sp³-hybridized carbons (Fsp3) is 0.200. The standard InChI is InChI=1S/C10H13N3O3S/c1-15-7-3-6(4-8(5-7)16-2)9(14)13(12)10(11)17/h3-5H,12H2,1-2H3,(H2,11,17). The molecule has 0 aromatic heterocycles. The van der Waals surface area contributed by atoms with Crippen molar-refractivity contribution in [3.05, 3.63) is 23.8 Å². The van der Waals surface area contributed by atoms with E-state index in [0.717, 1.165) is 0 Å². The molecule has 0 saturated carbocycles. The topological polar surface area (TPSA) is 90.8 Å². The largest absolute Gasteiger partial charge is 0.497 e. The highest BCUT2D eigenvalue weighted by Gasteiger charge is 2.16. The third-order valence-electron chi connectivity index (χ3n) is 2.05. The van der Waals surface area contributed by atoms with E-state index in [0.29, 0.717) is 16.5 Å². The number of hydrogen-bond acceptors (Lipinski definition) is 5. The van der Waals surface area contributed by atoms with Gasteiger partial charge in [-0.2, -0.15) is 0 Å². The summed E-state index contributed by atoms with van der Waals surface area (Å²) >= 11 is 4.61. The smallest absolute Gasteiger partial charge is 0.274 e. The van der Waals surface area contributed by atoms with Gasteiger partial charge in [0.15, 0.2) is 5.11 Å². The SMILES string of the molecule is COc1cc(OC)cc(C(=O)N(N)C(N)=S)c1. The molecule has 0 atom stereocenters. The Balaban J connectivity index is 3.12. The van der Waals surface area contributed by atoms with Crippen LogP contribution in [-0.2, 0) is 0 Å². The lowest BCUT2D eigenvalue weighted by Gasteiger charge is -2.15. The van der Waals surface area contributed by atoms with E-state index in [1.54, 1.807) is 6.07 Å². The van der Waals surface area contributed by atoms with E-state index in [-0.39, 0.29) is 10.7 Å². The highest BCUT2D eigenvalue weighted by atomic mass is 32.1. The number of nitrogens with zero attached hydrogens (tertiary/aromatic N) is 1. The molecule has 0 unspecified atom stereocenters. The van der Waals surface area contributed by atoms with Gasteiger partial charge in [-0.25, -0.2) is 10.9 Å². The quantitative estimate of drug-likeness (QED) is 0.348. The van der Waals surface area contributed by atoms with Gasteiger partial charge in [-0.05, 0) is 24.4 Å². The lowest BCUT2D eigenvalue weighted by Crippen LogP contribution is -2.45. The predicted octanol–water partition coefficient (Wildman–Crippen LogP) is 0.263. The highest BCUT2D eigenvalue weighted by Crippen LogP contribution is 2.22. The van der Waals surface area contributed by atoms with Crippen molar-refractivity contribution in [1.29, 1.82) is 0 Å². The number of carbonyl (C=O) groups is 1. The first kappa shape index (κ1) is 13.2. The minimum absolute atomic E-state index is 0.211. The van der Waals surface area contributed by atoms with E-state index in [2.05, 4.69) is 12.2 Å². The second kappa shape index (κ2) is 5.46. The van der Waals surface area contributed by atoms with E-state index in [1.807, 2.05) is 0 Å². The molecular formula is C10H13N3O3S. The first-order valence-electron chi connectivity index (χ1n) is 4.61. The van der Waals surface area contributed by atoms with Gasteiger partial charge in [-0.15, -0.1) is 0 Å². The summed E-state index contributed by atoms with van der Waals surface area (Å²) in [6.45, 7) is 0. The molecule has 1 rings (SSSR count). The molecular weight excluding hydrogens is 242 g/mol. The van der Waals surface area contributed by atoms with Gasteiger partial charge >= 0.3 is 0 Å². The van der Waals surface area contributed by atoms with Crippen molar-refractivity contribution in [2.75, 3.05) is 14.2 Å². The molecule has 0 bridgehead atoms. The maximum absolute atomic E-state index is 11.8. The Morgan fingerprint density at radius 1 is 1.24 bits per heavy atom. The maximum Gasteiger partial charge on any atom is 0.274 e. The average molecular weight is 255 g/mol. The van der Waals surface area contributed by atoms with E-state index in [4.69, 9.17) is 21.1 Å². The molecule has 0 fully saturated rings. The highest BCUT2D eigenvalue weighted by molar-refractivity contribution is 7.80. The molecule has 92 valence electrons. The van der Waals surface area contributed by atoms with Crippen LogP contribution in [0.1, 0.15) is 10.4 Å². The summed E-state index contributed by atoms with van der Waals surface area (Å²) in [5, 5.41) is 0.473. The van der Waals surface area contributed by atoms with Crippen molar-refractivity contribution < 1.29 is 14.3 Å². The number of ether oxygens (including phenoxy) is 2. The van der Waals surface area contributed by atoms with Gasteiger partial charge in [0.1, 0.15) is 11.5 Å². The van der Waals surface area contributed by atoms with Gasteiger partial charge in [0, 0.05) is 11.6 Å². The first-order valence-corrected chi connectivity index (χ1v) is 5.02. The van der Waals surface area contributed by atoms with Crippen molar-refractivity contribution in [3.63, 3.8) is 0 Å². The monoisotopic (exact) mass is 255 g/mol. The molecule has 0 heterocycles. The van der Waals surface area contributed by atoms with Gasteiger partial charge in [0.25, 0.3) is 5.91 Å². The Bertz CT molecular complexity index is 428. The summed E-state index contributed by atoms with van der Waals surface area (Å²) in [4.78, 5) is 11.8. The Morgan fingerprint density at radius 2 is 1.71 bits per heavy atom. The number of thiocarbonyl (C=S) groups is 1. The van der Waals surface area contributed by atoms with Crippen LogP contribution in [-0.4, -0.2) is 30.2 Å². The Kier molecular flexibility index (Phi) is 4.24. The molecule has 6 nitrogen and oxygen atoms in total. The fourth-order valence-electron chi connectivity index (χ4n) is 1.17. The summed E-state index contributed by atoms with van der Waals surface area (Å²) in [5.41, 5.74) is 5.54. The van der Waals surface area contributed by atoms with Gasteiger partial charge in [0.2, 0.25) is 0 Å². The van der Waals surface area contributed by atoms with Gasteiger partial charge in [0.05, 0.1) is 14.2 Å². The molecule has 4 N–H and O–H groups in total. The number of nitrogens with two attached hydrogens (primary N) is 2. The van der Waals surface area contributed by atoms with E-state index < -0.39 is 5.91 Å². The van der Waals surface area contributed by atoms with Crippen molar-refractivity contribution in [2.24, 2.45) is 11.6 Å². The lowest BCUT2D eigenvalue weighted by atomic mass is 10.2. The number of methoxy groups -OCH3 is 2. The summed E-state index contributed by atoms with van der Waals surface area (Å²) in [7, 11) is 2.97. The van der Waals surface area contributed by atoms with Crippen LogP contribution >= 0.6 is 12.2 Å². The van der Waals surface area contributed by atoms with Crippen LogP contribution in [0.15, 0.2) is 18.2 Å². The zero-order valence-corrected chi connectivity index (χ0v) is 10.3. The summed E-state index contributed by atoms with van der Waals surface area (Å²) in [5.74, 6) is 5.83. The molecule has 0 radical (unpaired) electrons. The molecule has 1 amide bonds. The van der Waals surface area contributed by atoms with E-state index in [1.165, 1.54) is 26.4 Å². The minimum Gasteiger partial charge on any atom is -0.497 e. The van der Waals surface area contributed by atoms with E-state index >= 15 is 0 Å². The second-order valence-electron chi connectivity index (χ2n) is 3.11. The molecule has 0 aliphatic rings. The van der Waals surface area contributed by atoms with Gasteiger partial charge in [-0.3, -0.25) is 4.79 Å². The zero-order chi connectivity index (χ0) is 13.0. The molecule has 0 spiro atoms. The fourth-order valence-corrected chi connectivity index (χ4v) is 1.25. The number of hydrogen-bond donors (Lipinski definition) is 2. The van der Waals surface area contributed by atoms with Crippen molar-refractivity contribution >= 4 is 23.2 Å². The minimum atomic E-state index is -0.533. The van der Waals surface area contributed by atoms with Crippen molar-refractivity contribution in [2.45, 2.75) is 0 Å². The molecule has 0 saturated heterocycles. The van der Waals surface area contributed by atoms with Crippen molar-refractivity contribution in [1.82, 2.24) is 5.01 Å². The number of amides is 1. The summed E-state index contributed by atoms with van der Waals surface area (Å²) < 4.78 is 10.1. The normalized spacial score (nSPS) is 9.59. The molecule has 0 aliphatic heterocycles. The van der Waals surface area contributed by atoms with Gasteiger partial charge < -0.3 is 15.2 Å². The Morgan fingerprint density at radius 3 is 2.06 bits per heavy atom. The van der Waals surface area contributed by atoms with Crippen LogP contribution in [0.4, 0.5) is 0 Å². The van der Waals surface area contributed by atoms with Crippen LogP contribution in [0.25, 0.3) is 0 Å². The number of rotatable bonds is 3. The number of hydrazine groups is 1. The maximum atomic E-state index is 11.8. The average Bonchev–Trinajstić information content (AvgIpc) is 2.35.